The summed E-state index contributed by atoms with van der Waals surface area (Å²) in [6.45, 7) is 0. The Kier molecular flexibility index (Phi) is 5.19. The summed E-state index contributed by atoms with van der Waals surface area (Å²) in [4.78, 5) is 24.3. The average Bonchev–Trinajstić information content (AvgIpc) is 2.60. The zero-order valence-electron chi connectivity index (χ0n) is 13.2. The van der Waals surface area contributed by atoms with E-state index in [2.05, 4.69) is 10.6 Å². The number of methoxy groups -OCH3 is 2. The van der Waals surface area contributed by atoms with E-state index in [0.717, 1.165) is 0 Å². The van der Waals surface area contributed by atoms with Gasteiger partial charge in [-0.25, -0.2) is 0 Å². The molecule has 2 aromatic rings. The summed E-state index contributed by atoms with van der Waals surface area (Å²) in [5.41, 5.74) is 1.18. The summed E-state index contributed by atoms with van der Waals surface area (Å²) in [7, 11) is 4.56. The van der Waals surface area contributed by atoms with Crippen LogP contribution in [0.15, 0.2) is 42.5 Å². The highest BCUT2D eigenvalue weighted by Gasteiger charge is 2.14. The van der Waals surface area contributed by atoms with Crippen molar-refractivity contribution in [2.75, 3.05) is 26.6 Å². The van der Waals surface area contributed by atoms with Gasteiger partial charge in [0.15, 0.2) is 0 Å². The van der Waals surface area contributed by atoms with Gasteiger partial charge in [-0.3, -0.25) is 9.59 Å². The third-order valence-corrected chi connectivity index (χ3v) is 3.26. The zero-order valence-corrected chi connectivity index (χ0v) is 13.2. The minimum absolute atomic E-state index is 0.274. The first-order valence-corrected chi connectivity index (χ1v) is 6.94. The summed E-state index contributed by atoms with van der Waals surface area (Å²) in [5, 5.41) is 5.27. The van der Waals surface area contributed by atoms with E-state index in [-0.39, 0.29) is 11.8 Å². The molecule has 2 rings (SSSR count). The van der Waals surface area contributed by atoms with Crippen molar-refractivity contribution in [3.8, 4) is 11.5 Å². The predicted octanol–water partition coefficient (Wildman–Crippen LogP) is 2.32. The molecule has 2 amide bonds. The number of anilines is 1. The lowest BCUT2D eigenvalue weighted by molar-refractivity contribution is 0.0964. The molecule has 6 heteroatoms. The van der Waals surface area contributed by atoms with Crippen molar-refractivity contribution in [3.63, 3.8) is 0 Å². The molecule has 0 aliphatic rings. The number of rotatable bonds is 5. The molecule has 0 radical (unpaired) electrons. The number of para-hydroxylation sites is 1. The van der Waals surface area contributed by atoms with Crippen LogP contribution in [0.1, 0.15) is 20.7 Å². The van der Waals surface area contributed by atoms with Crippen molar-refractivity contribution in [3.05, 3.63) is 53.6 Å². The molecule has 120 valence electrons. The first-order valence-electron chi connectivity index (χ1n) is 6.94. The Balaban J connectivity index is 2.31. The average molecular weight is 314 g/mol. The molecule has 6 nitrogen and oxygen atoms in total. The van der Waals surface area contributed by atoms with Gasteiger partial charge in [0.05, 0.1) is 25.5 Å². The molecule has 0 fully saturated rings. The molecular formula is C17H18N2O4. The van der Waals surface area contributed by atoms with Crippen LogP contribution in [0.25, 0.3) is 0 Å². The molecule has 23 heavy (non-hydrogen) atoms. The van der Waals surface area contributed by atoms with Gasteiger partial charge < -0.3 is 20.1 Å². The van der Waals surface area contributed by atoms with Gasteiger partial charge in [-0.2, -0.15) is 0 Å². The minimum atomic E-state index is -0.362. The minimum Gasteiger partial charge on any atom is -0.497 e. The van der Waals surface area contributed by atoms with Crippen molar-refractivity contribution < 1.29 is 19.1 Å². The molecule has 0 saturated carbocycles. The Hall–Kier alpha value is -3.02. The van der Waals surface area contributed by atoms with Gasteiger partial charge in [-0.05, 0) is 24.3 Å². The van der Waals surface area contributed by atoms with Gasteiger partial charge in [0.1, 0.15) is 11.5 Å². The van der Waals surface area contributed by atoms with Crippen molar-refractivity contribution in [1.29, 1.82) is 0 Å². The highest BCUT2D eigenvalue weighted by molar-refractivity contribution is 6.09. The number of hydrogen-bond donors (Lipinski definition) is 2. The Morgan fingerprint density at radius 1 is 0.913 bits per heavy atom. The molecule has 0 aromatic heterocycles. The highest BCUT2D eigenvalue weighted by Crippen LogP contribution is 2.24. The second-order valence-corrected chi connectivity index (χ2v) is 4.68. The number of carbonyl (C=O) groups is 2. The molecule has 2 N–H and O–H groups in total. The Morgan fingerprint density at radius 3 is 2.09 bits per heavy atom. The monoisotopic (exact) mass is 314 g/mol. The summed E-state index contributed by atoms with van der Waals surface area (Å²) in [6, 6.07) is 11.7. The van der Waals surface area contributed by atoms with E-state index in [4.69, 9.17) is 9.47 Å². The summed E-state index contributed by atoms with van der Waals surface area (Å²) in [6.07, 6.45) is 0. The largest absolute Gasteiger partial charge is 0.497 e. The number of amides is 2. The lowest BCUT2D eigenvalue weighted by atomic mass is 10.1. The molecule has 0 spiro atoms. The second kappa shape index (κ2) is 7.31. The molecule has 0 unspecified atom stereocenters. The van der Waals surface area contributed by atoms with Gasteiger partial charge in [0.25, 0.3) is 11.8 Å². The van der Waals surface area contributed by atoms with Crippen LogP contribution >= 0.6 is 0 Å². The van der Waals surface area contributed by atoms with Gasteiger partial charge in [0.2, 0.25) is 0 Å². The van der Waals surface area contributed by atoms with Crippen molar-refractivity contribution in [1.82, 2.24) is 5.32 Å². The molecule has 0 saturated heterocycles. The summed E-state index contributed by atoms with van der Waals surface area (Å²) in [5.74, 6) is 0.380. The smallest absolute Gasteiger partial charge is 0.255 e. The van der Waals surface area contributed by atoms with Crippen LogP contribution in [0.2, 0.25) is 0 Å². The Labute approximate surface area is 134 Å². The lowest BCUT2D eigenvalue weighted by Crippen LogP contribution is -2.21. The van der Waals surface area contributed by atoms with Gasteiger partial charge in [-0.1, -0.05) is 12.1 Å². The normalized spacial score (nSPS) is 9.87. The molecule has 0 aliphatic carbocycles. The molecule has 0 bridgehead atoms. The van der Waals surface area contributed by atoms with Crippen LogP contribution in [-0.2, 0) is 0 Å². The van der Waals surface area contributed by atoms with Crippen LogP contribution in [0.4, 0.5) is 5.69 Å². The lowest BCUT2D eigenvalue weighted by Gasteiger charge is -2.11. The Morgan fingerprint density at radius 2 is 1.52 bits per heavy atom. The van der Waals surface area contributed by atoms with Crippen molar-refractivity contribution >= 4 is 17.5 Å². The van der Waals surface area contributed by atoms with Crippen LogP contribution in [0.5, 0.6) is 11.5 Å². The summed E-state index contributed by atoms with van der Waals surface area (Å²) < 4.78 is 10.3. The van der Waals surface area contributed by atoms with Crippen LogP contribution in [-0.4, -0.2) is 33.1 Å². The van der Waals surface area contributed by atoms with Gasteiger partial charge >= 0.3 is 0 Å². The topological polar surface area (TPSA) is 76.7 Å². The number of hydrogen-bond acceptors (Lipinski definition) is 4. The van der Waals surface area contributed by atoms with Crippen LogP contribution in [0.3, 0.4) is 0 Å². The zero-order chi connectivity index (χ0) is 16.8. The SMILES string of the molecule is CNC(=O)c1ccccc1NC(=O)c1cc(OC)cc(OC)c1. The molecular weight excluding hydrogens is 296 g/mol. The van der Waals surface area contributed by atoms with E-state index >= 15 is 0 Å². The van der Waals surface area contributed by atoms with E-state index < -0.39 is 0 Å². The highest BCUT2D eigenvalue weighted by atomic mass is 16.5. The van der Waals surface area contributed by atoms with E-state index in [1.165, 1.54) is 21.3 Å². The van der Waals surface area contributed by atoms with Crippen molar-refractivity contribution in [2.24, 2.45) is 0 Å². The van der Waals surface area contributed by atoms with Crippen LogP contribution in [0, 0.1) is 0 Å². The van der Waals surface area contributed by atoms with Gasteiger partial charge in [0, 0.05) is 18.7 Å². The van der Waals surface area contributed by atoms with Crippen molar-refractivity contribution in [2.45, 2.75) is 0 Å². The van der Waals surface area contributed by atoms with Gasteiger partial charge in [-0.15, -0.1) is 0 Å². The maximum atomic E-state index is 12.5. The van der Waals surface area contributed by atoms with E-state index in [1.54, 1.807) is 42.5 Å². The van der Waals surface area contributed by atoms with E-state index in [0.29, 0.717) is 28.3 Å². The maximum absolute atomic E-state index is 12.5. The summed E-state index contributed by atoms with van der Waals surface area (Å²) >= 11 is 0. The van der Waals surface area contributed by atoms with E-state index in [1.807, 2.05) is 0 Å². The molecule has 0 aliphatic heterocycles. The first kappa shape index (κ1) is 16.4. The fourth-order valence-electron chi connectivity index (χ4n) is 2.06. The number of benzene rings is 2. The molecule has 0 atom stereocenters. The fourth-order valence-corrected chi connectivity index (χ4v) is 2.06. The fraction of sp³-hybridized carbons (Fsp3) is 0.176. The predicted molar refractivity (Wildman–Crippen MR) is 87.3 cm³/mol. The maximum Gasteiger partial charge on any atom is 0.255 e. The van der Waals surface area contributed by atoms with Crippen LogP contribution < -0.4 is 20.1 Å². The van der Waals surface area contributed by atoms with E-state index in [9.17, 15) is 9.59 Å². The quantitative estimate of drug-likeness (QED) is 0.888. The second-order valence-electron chi connectivity index (χ2n) is 4.68. The number of nitrogens with one attached hydrogen (secondary N) is 2. The standard InChI is InChI=1S/C17H18N2O4/c1-18-17(21)14-6-4-5-7-15(14)19-16(20)11-8-12(22-2)10-13(9-11)23-3/h4-10H,1-3H3,(H,18,21)(H,19,20). The molecule has 0 heterocycles. The molecule has 2 aromatic carbocycles. The number of ether oxygens (including phenoxy) is 2. The third-order valence-electron chi connectivity index (χ3n) is 3.26. The number of carbonyl (C=O) groups excluding carboxylic acids is 2. The third kappa shape index (κ3) is 3.79. The Bertz CT molecular complexity index is 706. The first-order chi connectivity index (χ1) is 11.1.